The topological polar surface area (TPSA) is 99.1 Å². The van der Waals surface area contributed by atoms with Crippen LogP contribution in [0.15, 0.2) is 17.3 Å². The molecular formula is C12H17N3O4. The van der Waals surface area contributed by atoms with Gasteiger partial charge in [-0.1, -0.05) is 5.57 Å². The number of carbonyl (C=O) groups is 3. The fraction of sp³-hybridized carbons (Fsp3) is 0.500. The van der Waals surface area contributed by atoms with Crippen molar-refractivity contribution in [2.24, 2.45) is 5.10 Å². The molecule has 0 fully saturated rings. The van der Waals surface area contributed by atoms with Crippen molar-refractivity contribution in [3.63, 3.8) is 0 Å². The minimum atomic E-state index is -1.13. The highest BCUT2D eigenvalue weighted by atomic mass is 16.4. The molecule has 2 N–H and O–H groups in total. The van der Waals surface area contributed by atoms with Crippen LogP contribution in [0.3, 0.4) is 0 Å². The molecule has 0 saturated heterocycles. The van der Waals surface area contributed by atoms with Crippen LogP contribution >= 0.6 is 0 Å². The number of carboxylic acid groups (broad SMARTS) is 1. The molecule has 104 valence electrons. The number of nitrogens with one attached hydrogen (secondary N) is 1. The Balaban J connectivity index is 2.72. The van der Waals surface area contributed by atoms with E-state index in [0.717, 1.165) is 5.01 Å². The van der Waals surface area contributed by atoms with Crippen molar-refractivity contribution in [2.45, 2.75) is 32.2 Å². The summed E-state index contributed by atoms with van der Waals surface area (Å²) in [5, 5.41) is 16.3. The second-order valence-electron chi connectivity index (χ2n) is 4.49. The number of carbonyl (C=O) groups excluding carboxylic acids is 2. The van der Waals surface area contributed by atoms with Gasteiger partial charge in [0.15, 0.2) is 0 Å². The molecule has 1 aliphatic rings. The van der Waals surface area contributed by atoms with E-state index in [1.807, 2.05) is 0 Å². The number of nitrogens with zero attached hydrogens (tertiary/aromatic N) is 2. The Kier molecular flexibility index (Phi) is 4.80. The van der Waals surface area contributed by atoms with Crippen molar-refractivity contribution in [3.8, 4) is 0 Å². The summed E-state index contributed by atoms with van der Waals surface area (Å²) in [6.07, 6.45) is 0.568. The Morgan fingerprint density at radius 2 is 2.16 bits per heavy atom. The molecule has 1 heterocycles. The Morgan fingerprint density at radius 1 is 1.53 bits per heavy atom. The molecule has 1 rings (SSSR count). The monoisotopic (exact) mass is 267 g/mol. The molecule has 0 radical (unpaired) electrons. The Bertz CT molecular complexity index is 456. The normalized spacial score (nSPS) is 16.6. The molecule has 7 heteroatoms. The van der Waals surface area contributed by atoms with Crippen LogP contribution in [0.25, 0.3) is 0 Å². The second kappa shape index (κ2) is 6.12. The largest absolute Gasteiger partial charge is 0.480 e. The molecule has 0 saturated carbocycles. The van der Waals surface area contributed by atoms with Crippen LogP contribution in [-0.2, 0) is 14.4 Å². The van der Waals surface area contributed by atoms with Gasteiger partial charge < -0.3 is 10.4 Å². The van der Waals surface area contributed by atoms with Crippen molar-refractivity contribution >= 4 is 23.5 Å². The van der Waals surface area contributed by atoms with Gasteiger partial charge >= 0.3 is 5.97 Å². The van der Waals surface area contributed by atoms with Crippen LogP contribution < -0.4 is 5.32 Å². The van der Waals surface area contributed by atoms with Gasteiger partial charge in [-0.2, -0.15) is 5.10 Å². The SMILES string of the molecule is C=C(C)CC(NC(=O)C1=NN(C)C(=O)CC1)C(=O)O. The quantitative estimate of drug-likeness (QED) is 0.691. The third-order valence-electron chi connectivity index (χ3n) is 2.63. The fourth-order valence-electron chi connectivity index (χ4n) is 1.62. The highest BCUT2D eigenvalue weighted by Crippen LogP contribution is 2.08. The molecule has 0 bridgehead atoms. The first-order valence-electron chi connectivity index (χ1n) is 5.83. The minimum Gasteiger partial charge on any atom is -0.480 e. The van der Waals surface area contributed by atoms with Crippen LogP contribution in [-0.4, -0.2) is 46.7 Å². The van der Waals surface area contributed by atoms with Gasteiger partial charge in [-0.3, -0.25) is 9.59 Å². The average molecular weight is 267 g/mol. The van der Waals surface area contributed by atoms with Crippen LogP contribution in [0.2, 0.25) is 0 Å². The summed E-state index contributed by atoms with van der Waals surface area (Å²) in [7, 11) is 1.46. The van der Waals surface area contributed by atoms with E-state index in [0.29, 0.717) is 5.57 Å². The molecule has 1 aliphatic heterocycles. The first-order chi connectivity index (χ1) is 8.81. The number of aliphatic carboxylic acids is 1. The molecule has 0 aliphatic carbocycles. The summed E-state index contributed by atoms with van der Waals surface area (Å²) in [6.45, 7) is 5.31. The zero-order valence-corrected chi connectivity index (χ0v) is 11.0. The Hall–Kier alpha value is -2.18. The predicted molar refractivity (Wildman–Crippen MR) is 68.4 cm³/mol. The molecular weight excluding hydrogens is 250 g/mol. The Labute approximate surface area is 111 Å². The van der Waals surface area contributed by atoms with Gasteiger partial charge in [0, 0.05) is 19.9 Å². The maximum Gasteiger partial charge on any atom is 0.326 e. The van der Waals surface area contributed by atoms with E-state index in [4.69, 9.17) is 5.11 Å². The first kappa shape index (κ1) is 14.9. The van der Waals surface area contributed by atoms with Gasteiger partial charge in [0.05, 0.1) is 0 Å². The lowest BCUT2D eigenvalue weighted by atomic mass is 10.1. The van der Waals surface area contributed by atoms with Crippen LogP contribution in [0.4, 0.5) is 0 Å². The van der Waals surface area contributed by atoms with Gasteiger partial charge in [-0.25, -0.2) is 9.80 Å². The smallest absolute Gasteiger partial charge is 0.326 e. The Morgan fingerprint density at radius 3 is 2.63 bits per heavy atom. The van der Waals surface area contributed by atoms with Gasteiger partial charge in [-0.05, 0) is 13.3 Å². The summed E-state index contributed by atoms with van der Waals surface area (Å²) in [5.74, 6) is -1.86. The number of carboxylic acids is 1. The average Bonchev–Trinajstić information content (AvgIpc) is 2.31. The number of amides is 2. The van der Waals surface area contributed by atoms with Crippen LogP contribution in [0.5, 0.6) is 0 Å². The number of hydrogen-bond acceptors (Lipinski definition) is 4. The zero-order chi connectivity index (χ0) is 14.6. The number of rotatable bonds is 5. The van der Waals surface area contributed by atoms with E-state index >= 15 is 0 Å². The van der Waals surface area contributed by atoms with Crippen molar-refractivity contribution in [2.75, 3.05) is 7.05 Å². The van der Waals surface area contributed by atoms with Gasteiger partial charge in [-0.15, -0.1) is 6.58 Å². The van der Waals surface area contributed by atoms with E-state index in [2.05, 4.69) is 17.0 Å². The summed E-state index contributed by atoms with van der Waals surface area (Å²) in [5.41, 5.74) is 0.820. The van der Waals surface area contributed by atoms with E-state index in [1.54, 1.807) is 6.92 Å². The summed E-state index contributed by atoms with van der Waals surface area (Å²) < 4.78 is 0. The molecule has 0 spiro atoms. The number of hydrazone groups is 1. The van der Waals surface area contributed by atoms with E-state index in [9.17, 15) is 14.4 Å². The zero-order valence-electron chi connectivity index (χ0n) is 11.0. The molecule has 0 aromatic carbocycles. The maximum absolute atomic E-state index is 11.9. The van der Waals surface area contributed by atoms with Crippen molar-refractivity contribution in [3.05, 3.63) is 12.2 Å². The highest BCUT2D eigenvalue weighted by molar-refractivity contribution is 6.39. The molecule has 0 aromatic rings. The fourth-order valence-corrected chi connectivity index (χ4v) is 1.62. The lowest BCUT2D eigenvalue weighted by molar-refractivity contribution is -0.141. The van der Waals surface area contributed by atoms with E-state index < -0.39 is 17.9 Å². The van der Waals surface area contributed by atoms with E-state index in [-0.39, 0.29) is 30.9 Å². The standard InChI is InChI=1S/C12H17N3O4/c1-7(2)6-9(12(18)19)13-11(17)8-4-5-10(16)15(3)14-8/h9H,1,4-6H2,2-3H3,(H,13,17)(H,18,19). The lowest BCUT2D eigenvalue weighted by Gasteiger charge is -2.20. The third kappa shape index (κ3) is 4.20. The highest BCUT2D eigenvalue weighted by Gasteiger charge is 2.26. The van der Waals surface area contributed by atoms with Gasteiger partial charge in [0.2, 0.25) is 5.91 Å². The van der Waals surface area contributed by atoms with Crippen LogP contribution in [0, 0.1) is 0 Å². The molecule has 1 unspecified atom stereocenters. The van der Waals surface area contributed by atoms with Crippen LogP contribution in [0.1, 0.15) is 26.2 Å². The summed E-state index contributed by atoms with van der Waals surface area (Å²) >= 11 is 0. The lowest BCUT2D eigenvalue weighted by Crippen LogP contribution is -2.45. The minimum absolute atomic E-state index is 0.156. The van der Waals surface area contributed by atoms with E-state index in [1.165, 1.54) is 7.05 Å². The summed E-state index contributed by atoms with van der Waals surface area (Å²) in [6, 6.07) is -1.03. The second-order valence-corrected chi connectivity index (χ2v) is 4.49. The first-order valence-corrected chi connectivity index (χ1v) is 5.83. The molecule has 1 atom stereocenters. The van der Waals surface area contributed by atoms with Crippen molar-refractivity contribution in [1.82, 2.24) is 10.3 Å². The predicted octanol–water partition coefficient (Wildman–Crippen LogP) is 0.130. The molecule has 0 aromatic heterocycles. The van der Waals surface area contributed by atoms with Gasteiger partial charge in [0.25, 0.3) is 5.91 Å². The number of hydrogen-bond donors (Lipinski definition) is 2. The summed E-state index contributed by atoms with van der Waals surface area (Å²) in [4.78, 5) is 34.1. The molecule has 19 heavy (non-hydrogen) atoms. The van der Waals surface area contributed by atoms with Crippen molar-refractivity contribution < 1.29 is 19.5 Å². The molecule has 7 nitrogen and oxygen atoms in total. The molecule has 2 amide bonds. The maximum atomic E-state index is 11.9. The van der Waals surface area contributed by atoms with Crippen molar-refractivity contribution in [1.29, 1.82) is 0 Å². The van der Waals surface area contributed by atoms with Gasteiger partial charge in [0.1, 0.15) is 11.8 Å². The third-order valence-corrected chi connectivity index (χ3v) is 2.63.